The van der Waals surface area contributed by atoms with Crippen molar-refractivity contribution in [3.63, 3.8) is 0 Å². The van der Waals surface area contributed by atoms with Gasteiger partial charge in [-0.25, -0.2) is 0 Å². The number of carbonyl (C=O) groups excluding carboxylic acids is 4. The van der Waals surface area contributed by atoms with E-state index in [1.807, 2.05) is 19.2 Å². The zero-order valence-corrected chi connectivity index (χ0v) is 18.5. The lowest BCUT2D eigenvalue weighted by Gasteiger charge is -2.29. The van der Waals surface area contributed by atoms with E-state index in [1.54, 1.807) is 12.1 Å². The van der Waals surface area contributed by atoms with Gasteiger partial charge in [-0.2, -0.15) is 0 Å². The minimum atomic E-state index is -0.960. The Kier molecular flexibility index (Phi) is 5.55. The molecule has 3 aliphatic rings. The van der Waals surface area contributed by atoms with Crippen LogP contribution in [0.2, 0.25) is 0 Å². The second-order valence-electron chi connectivity index (χ2n) is 8.87. The largest absolute Gasteiger partial charge is 0.314 e. The molecule has 5 rings (SSSR count). The van der Waals surface area contributed by atoms with E-state index in [1.165, 1.54) is 11.1 Å². The highest BCUT2D eigenvalue weighted by Gasteiger charge is 2.45. The summed E-state index contributed by atoms with van der Waals surface area (Å²) in [4.78, 5) is 53.6. The van der Waals surface area contributed by atoms with Crippen LogP contribution in [0.4, 0.5) is 0 Å². The SMILES string of the molecule is CN(Cc1cccc2c1C(=O)N(C1CCC(=O)NC1=O)C2=O)C1CNCCc2ccccc21. The van der Waals surface area contributed by atoms with E-state index in [0.717, 1.165) is 30.0 Å². The highest BCUT2D eigenvalue weighted by atomic mass is 16.2. The van der Waals surface area contributed by atoms with Crippen molar-refractivity contribution >= 4 is 23.6 Å². The van der Waals surface area contributed by atoms with E-state index in [4.69, 9.17) is 0 Å². The number of benzene rings is 2. The summed E-state index contributed by atoms with van der Waals surface area (Å²) in [6.07, 6.45) is 1.22. The number of imide groups is 2. The number of amides is 4. The van der Waals surface area contributed by atoms with E-state index in [0.29, 0.717) is 17.7 Å². The molecule has 0 saturated carbocycles. The Bertz CT molecular complexity index is 1160. The molecule has 33 heavy (non-hydrogen) atoms. The second kappa shape index (κ2) is 8.53. The first-order valence-electron chi connectivity index (χ1n) is 11.3. The molecule has 170 valence electrons. The molecule has 8 heteroatoms. The molecule has 2 aromatic carbocycles. The van der Waals surface area contributed by atoms with Gasteiger partial charge in [0.15, 0.2) is 0 Å². The lowest BCUT2D eigenvalue weighted by molar-refractivity contribution is -0.136. The van der Waals surface area contributed by atoms with E-state index >= 15 is 0 Å². The van der Waals surface area contributed by atoms with Crippen LogP contribution in [0.1, 0.15) is 56.3 Å². The van der Waals surface area contributed by atoms with Crippen LogP contribution in [0, 0.1) is 0 Å². The van der Waals surface area contributed by atoms with Crippen molar-refractivity contribution < 1.29 is 19.2 Å². The van der Waals surface area contributed by atoms with Gasteiger partial charge in [-0.05, 0) is 49.2 Å². The van der Waals surface area contributed by atoms with Gasteiger partial charge < -0.3 is 5.32 Å². The number of fused-ring (bicyclic) bond motifs is 2. The van der Waals surface area contributed by atoms with E-state index in [-0.39, 0.29) is 24.8 Å². The molecule has 0 radical (unpaired) electrons. The molecule has 0 spiro atoms. The smallest absolute Gasteiger partial charge is 0.262 e. The van der Waals surface area contributed by atoms with Gasteiger partial charge >= 0.3 is 0 Å². The fraction of sp³-hybridized carbons (Fsp3) is 0.360. The minimum Gasteiger partial charge on any atom is -0.314 e. The van der Waals surface area contributed by atoms with E-state index in [9.17, 15) is 19.2 Å². The number of hydrogen-bond acceptors (Lipinski definition) is 6. The molecule has 1 saturated heterocycles. The highest BCUT2D eigenvalue weighted by molar-refractivity contribution is 6.24. The zero-order chi connectivity index (χ0) is 23.1. The molecule has 2 unspecified atom stereocenters. The molecule has 0 bridgehead atoms. The Morgan fingerprint density at radius 3 is 2.64 bits per heavy atom. The summed E-state index contributed by atoms with van der Waals surface area (Å²) in [6.45, 7) is 2.18. The lowest BCUT2D eigenvalue weighted by Crippen LogP contribution is -2.54. The number of nitrogens with one attached hydrogen (secondary N) is 2. The topological polar surface area (TPSA) is 98.8 Å². The molecule has 3 aliphatic heterocycles. The Hall–Kier alpha value is -3.36. The van der Waals surface area contributed by atoms with Crippen LogP contribution in [0.3, 0.4) is 0 Å². The first kappa shape index (κ1) is 21.5. The first-order valence-corrected chi connectivity index (χ1v) is 11.3. The maximum atomic E-state index is 13.4. The number of nitrogens with zero attached hydrogens (tertiary/aromatic N) is 2. The van der Waals surface area contributed by atoms with Crippen molar-refractivity contribution in [3.8, 4) is 0 Å². The van der Waals surface area contributed by atoms with Crippen molar-refractivity contribution in [1.82, 2.24) is 20.4 Å². The van der Waals surface area contributed by atoms with Crippen LogP contribution in [-0.4, -0.2) is 59.6 Å². The first-order chi connectivity index (χ1) is 16.0. The Balaban J connectivity index is 1.43. The van der Waals surface area contributed by atoms with Crippen LogP contribution in [0.15, 0.2) is 42.5 Å². The van der Waals surface area contributed by atoms with Crippen molar-refractivity contribution in [3.05, 3.63) is 70.3 Å². The fourth-order valence-electron chi connectivity index (χ4n) is 5.15. The molecular formula is C25H26N4O4. The fourth-order valence-corrected chi connectivity index (χ4v) is 5.15. The van der Waals surface area contributed by atoms with Gasteiger partial charge in [-0.15, -0.1) is 0 Å². The predicted octanol–water partition coefficient (Wildman–Crippen LogP) is 1.41. The maximum absolute atomic E-state index is 13.4. The zero-order valence-electron chi connectivity index (χ0n) is 18.5. The third-order valence-corrected chi connectivity index (χ3v) is 6.83. The summed E-state index contributed by atoms with van der Waals surface area (Å²) in [5.41, 5.74) is 4.01. The summed E-state index contributed by atoms with van der Waals surface area (Å²) < 4.78 is 0. The average Bonchev–Trinajstić information content (AvgIpc) is 2.94. The van der Waals surface area contributed by atoms with Gasteiger partial charge in [0, 0.05) is 25.6 Å². The number of hydrogen-bond donors (Lipinski definition) is 2. The number of piperidine rings is 1. The molecule has 8 nitrogen and oxygen atoms in total. The summed E-state index contributed by atoms with van der Waals surface area (Å²) in [5, 5.41) is 5.73. The number of rotatable bonds is 4. The number of carbonyl (C=O) groups is 4. The maximum Gasteiger partial charge on any atom is 0.262 e. The van der Waals surface area contributed by atoms with Gasteiger partial charge in [-0.1, -0.05) is 36.4 Å². The summed E-state index contributed by atoms with van der Waals surface area (Å²) in [7, 11) is 2.02. The second-order valence-corrected chi connectivity index (χ2v) is 8.87. The van der Waals surface area contributed by atoms with Crippen LogP contribution in [0.25, 0.3) is 0 Å². The Morgan fingerprint density at radius 2 is 1.82 bits per heavy atom. The Morgan fingerprint density at radius 1 is 1.00 bits per heavy atom. The van der Waals surface area contributed by atoms with Gasteiger partial charge in [0.25, 0.3) is 11.8 Å². The third-order valence-electron chi connectivity index (χ3n) is 6.83. The van der Waals surface area contributed by atoms with Gasteiger partial charge in [0.05, 0.1) is 11.1 Å². The van der Waals surface area contributed by atoms with Crippen molar-refractivity contribution in [2.75, 3.05) is 20.1 Å². The minimum absolute atomic E-state index is 0.105. The molecule has 2 atom stereocenters. The molecule has 4 amide bonds. The molecule has 1 fully saturated rings. The standard InChI is InChI=1S/C25H26N4O4/c1-28(20-13-26-12-11-15-5-2-3-7-17(15)20)14-16-6-4-8-18-22(16)25(33)29(24(18)32)19-9-10-21(30)27-23(19)31/h2-8,19-20,26H,9-14H2,1H3,(H,27,30,31). The quantitative estimate of drug-likeness (QED) is 0.689. The molecule has 0 aromatic heterocycles. The predicted molar refractivity (Wildman–Crippen MR) is 120 cm³/mol. The van der Waals surface area contributed by atoms with Crippen LogP contribution < -0.4 is 10.6 Å². The molecule has 0 aliphatic carbocycles. The van der Waals surface area contributed by atoms with Crippen LogP contribution in [-0.2, 0) is 22.6 Å². The average molecular weight is 447 g/mol. The highest BCUT2D eigenvalue weighted by Crippen LogP contribution is 2.32. The third kappa shape index (κ3) is 3.75. The molecule has 3 heterocycles. The van der Waals surface area contributed by atoms with Crippen molar-refractivity contribution in [2.24, 2.45) is 0 Å². The van der Waals surface area contributed by atoms with E-state index in [2.05, 4.69) is 33.7 Å². The normalized spacial score (nSPS) is 22.8. The van der Waals surface area contributed by atoms with Crippen LogP contribution in [0.5, 0.6) is 0 Å². The summed E-state index contributed by atoms with van der Waals surface area (Å²) in [5.74, 6) is -1.92. The molecule has 2 aromatic rings. The molecule has 2 N–H and O–H groups in total. The van der Waals surface area contributed by atoms with Gasteiger partial charge in [-0.3, -0.25) is 34.3 Å². The van der Waals surface area contributed by atoms with Gasteiger partial charge in [0.1, 0.15) is 6.04 Å². The number of likely N-dealkylation sites (N-methyl/N-ethyl adjacent to an activating group) is 1. The summed E-state index contributed by atoms with van der Waals surface area (Å²) >= 11 is 0. The molecular weight excluding hydrogens is 420 g/mol. The monoisotopic (exact) mass is 446 g/mol. The van der Waals surface area contributed by atoms with E-state index < -0.39 is 23.8 Å². The van der Waals surface area contributed by atoms with Crippen LogP contribution >= 0.6 is 0 Å². The van der Waals surface area contributed by atoms with Crippen molar-refractivity contribution in [2.45, 2.75) is 37.9 Å². The van der Waals surface area contributed by atoms with Gasteiger partial charge in [0.2, 0.25) is 11.8 Å². The summed E-state index contributed by atoms with van der Waals surface area (Å²) in [6, 6.07) is 12.8. The lowest BCUT2D eigenvalue weighted by atomic mass is 9.97. The van der Waals surface area contributed by atoms with Crippen molar-refractivity contribution in [1.29, 1.82) is 0 Å². The Labute approximate surface area is 191 Å².